The van der Waals surface area contributed by atoms with Gasteiger partial charge in [0.2, 0.25) is 5.95 Å². The summed E-state index contributed by atoms with van der Waals surface area (Å²) in [6, 6.07) is 8.81. The first kappa shape index (κ1) is 29.4. The standard InChI is InChI=1S/C30H37N5O7/c1-6-41-29-27-18(7-15(2)32-29)11-23(42-27)24-16(3)33-30(31-13-17-8-20(39-4)12-21(9-17)40-5)35-28(24)34-22-10-19(14-36)25(37)26(22)38/h7-9,11-12,19,22,25-26,36-38H,6,10,13-14H2,1-5H3,(H2,31,33,34,35). The Morgan fingerprint density at radius 1 is 0.976 bits per heavy atom. The highest BCUT2D eigenvalue weighted by molar-refractivity contribution is 5.89. The molecule has 0 aliphatic heterocycles. The van der Waals surface area contributed by atoms with Gasteiger partial charge in [-0.15, -0.1) is 0 Å². The molecule has 1 aliphatic rings. The summed E-state index contributed by atoms with van der Waals surface area (Å²) in [7, 11) is 3.19. The van der Waals surface area contributed by atoms with Gasteiger partial charge in [0.1, 0.15) is 29.2 Å². The number of fused-ring (bicyclic) bond motifs is 1. The van der Waals surface area contributed by atoms with Crippen molar-refractivity contribution in [3.8, 4) is 28.7 Å². The SMILES string of the molecule is CCOc1nc(C)cc2cc(-c3c(C)nc(NCc4cc(OC)cc(OC)c4)nc3NC3CC(CO)C(O)C3O)oc12. The predicted molar refractivity (Wildman–Crippen MR) is 157 cm³/mol. The lowest BCUT2D eigenvalue weighted by Gasteiger charge is -2.21. The molecule has 224 valence electrons. The summed E-state index contributed by atoms with van der Waals surface area (Å²) in [6.07, 6.45) is -1.81. The van der Waals surface area contributed by atoms with Gasteiger partial charge >= 0.3 is 0 Å². The highest BCUT2D eigenvalue weighted by atomic mass is 16.5. The number of hydrogen-bond acceptors (Lipinski definition) is 12. The van der Waals surface area contributed by atoms with Crippen LogP contribution in [0, 0.1) is 19.8 Å². The van der Waals surface area contributed by atoms with Crippen LogP contribution < -0.4 is 24.8 Å². The third-order valence-electron chi connectivity index (χ3n) is 7.44. The summed E-state index contributed by atoms with van der Waals surface area (Å²) in [4.78, 5) is 14.0. The lowest BCUT2D eigenvalue weighted by molar-refractivity contribution is 0.00446. The van der Waals surface area contributed by atoms with Gasteiger partial charge in [0, 0.05) is 36.2 Å². The Bertz CT molecular complexity index is 1540. The third-order valence-corrected chi connectivity index (χ3v) is 7.44. The normalized spacial score (nSPS) is 20.1. The van der Waals surface area contributed by atoms with Crippen LogP contribution in [-0.4, -0.2) is 76.0 Å². The molecule has 1 aromatic carbocycles. The predicted octanol–water partition coefficient (Wildman–Crippen LogP) is 3.44. The Morgan fingerprint density at radius 2 is 1.71 bits per heavy atom. The molecule has 5 N–H and O–H groups in total. The number of anilines is 2. The second-order valence-electron chi connectivity index (χ2n) is 10.4. The van der Waals surface area contributed by atoms with Gasteiger partial charge in [0.05, 0.1) is 44.2 Å². The number of aliphatic hydroxyl groups excluding tert-OH is 3. The van der Waals surface area contributed by atoms with Crippen molar-refractivity contribution in [2.24, 2.45) is 5.92 Å². The van der Waals surface area contributed by atoms with E-state index in [1.54, 1.807) is 20.3 Å². The number of nitrogens with zero attached hydrogens (tertiary/aromatic N) is 3. The van der Waals surface area contributed by atoms with Gasteiger partial charge in [-0.05, 0) is 57.0 Å². The Morgan fingerprint density at radius 3 is 2.36 bits per heavy atom. The van der Waals surface area contributed by atoms with E-state index in [1.165, 1.54) is 0 Å². The average Bonchev–Trinajstić information content (AvgIpc) is 3.51. The van der Waals surface area contributed by atoms with Crippen molar-refractivity contribution < 1.29 is 33.9 Å². The Hall–Kier alpha value is -4.13. The van der Waals surface area contributed by atoms with Crippen LogP contribution in [0.4, 0.5) is 11.8 Å². The molecule has 1 aliphatic carbocycles. The third kappa shape index (κ3) is 5.91. The maximum absolute atomic E-state index is 10.8. The minimum atomic E-state index is -1.10. The summed E-state index contributed by atoms with van der Waals surface area (Å²) >= 11 is 0. The van der Waals surface area contributed by atoms with E-state index in [1.807, 2.05) is 45.0 Å². The minimum absolute atomic E-state index is 0.237. The highest BCUT2D eigenvalue weighted by Crippen LogP contribution is 2.39. The number of nitrogens with one attached hydrogen (secondary N) is 2. The molecule has 0 radical (unpaired) electrons. The number of aryl methyl sites for hydroxylation is 2. The number of benzene rings is 1. The number of aromatic nitrogens is 3. The minimum Gasteiger partial charge on any atom is -0.497 e. The van der Waals surface area contributed by atoms with Gasteiger partial charge in [-0.2, -0.15) is 4.98 Å². The van der Waals surface area contributed by atoms with Crippen molar-refractivity contribution in [3.63, 3.8) is 0 Å². The number of pyridine rings is 1. The molecule has 3 aromatic heterocycles. The van der Waals surface area contributed by atoms with Crippen molar-refractivity contribution >= 4 is 22.7 Å². The van der Waals surface area contributed by atoms with Crippen molar-refractivity contribution in [1.82, 2.24) is 15.0 Å². The van der Waals surface area contributed by atoms with E-state index in [4.69, 9.17) is 28.6 Å². The van der Waals surface area contributed by atoms with Crippen LogP contribution in [0.1, 0.15) is 30.3 Å². The fraction of sp³-hybridized carbons (Fsp3) is 0.433. The highest BCUT2D eigenvalue weighted by Gasteiger charge is 2.41. The van der Waals surface area contributed by atoms with Crippen molar-refractivity contribution in [1.29, 1.82) is 0 Å². The second kappa shape index (κ2) is 12.4. The number of aliphatic hydroxyl groups is 3. The molecule has 1 saturated carbocycles. The first-order valence-corrected chi connectivity index (χ1v) is 13.9. The molecule has 42 heavy (non-hydrogen) atoms. The average molecular weight is 580 g/mol. The Balaban J connectivity index is 1.54. The van der Waals surface area contributed by atoms with E-state index >= 15 is 0 Å². The van der Waals surface area contributed by atoms with E-state index in [-0.39, 0.29) is 6.61 Å². The summed E-state index contributed by atoms with van der Waals surface area (Å²) in [6.45, 7) is 6.20. The molecule has 5 rings (SSSR count). The molecule has 0 bridgehead atoms. The van der Waals surface area contributed by atoms with Gasteiger partial charge in [0.25, 0.3) is 5.88 Å². The topological polar surface area (TPSA) is 164 Å². The van der Waals surface area contributed by atoms with E-state index in [2.05, 4.69) is 15.6 Å². The summed E-state index contributed by atoms with van der Waals surface area (Å²) < 4.78 is 22.8. The molecule has 4 unspecified atom stereocenters. The molecule has 0 saturated heterocycles. The smallest absolute Gasteiger partial charge is 0.258 e. The van der Waals surface area contributed by atoms with Crippen molar-refractivity contribution in [2.75, 3.05) is 38.1 Å². The van der Waals surface area contributed by atoms with E-state index in [0.29, 0.717) is 71.3 Å². The molecule has 0 spiro atoms. The molecule has 12 nitrogen and oxygen atoms in total. The molecule has 4 atom stereocenters. The van der Waals surface area contributed by atoms with Crippen molar-refractivity contribution in [2.45, 2.75) is 52.0 Å². The van der Waals surface area contributed by atoms with Crippen LogP contribution in [0.15, 0.2) is 34.7 Å². The summed E-state index contributed by atoms with van der Waals surface area (Å²) in [5, 5.41) is 38.3. The van der Waals surface area contributed by atoms with Crippen LogP contribution in [-0.2, 0) is 6.54 Å². The number of rotatable bonds is 11. The summed E-state index contributed by atoms with van der Waals surface area (Å²) in [5.41, 5.74) is 3.40. The zero-order chi connectivity index (χ0) is 30.0. The molecular formula is C30H37N5O7. The second-order valence-corrected chi connectivity index (χ2v) is 10.4. The van der Waals surface area contributed by atoms with Gasteiger partial charge in [-0.1, -0.05) is 0 Å². The van der Waals surface area contributed by atoms with E-state index in [9.17, 15) is 15.3 Å². The monoisotopic (exact) mass is 579 g/mol. The molecule has 0 amide bonds. The first-order chi connectivity index (χ1) is 20.2. The van der Waals surface area contributed by atoms with Gasteiger partial charge < -0.3 is 44.6 Å². The molecule has 4 aromatic rings. The lowest BCUT2D eigenvalue weighted by Crippen LogP contribution is -2.35. The van der Waals surface area contributed by atoms with Crippen LogP contribution >= 0.6 is 0 Å². The van der Waals surface area contributed by atoms with E-state index in [0.717, 1.165) is 16.6 Å². The van der Waals surface area contributed by atoms with Crippen LogP contribution in [0.5, 0.6) is 17.4 Å². The Kier molecular flexibility index (Phi) is 8.66. The van der Waals surface area contributed by atoms with Crippen LogP contribution in [0.2, 0.25) is 0 Å². The zero-order valence-corrected chi connectivity index (χ0v) is 24.3. The first-order valence-electron chi connectivity index (χ1n) is 13.9. The van der Waals surface area contributed by atoms with Crippen molar-refractivity contribution in [3.05, 3.63) is 47.3 Å². The molecule has 3 heterocycles. The van der Waals surface area contributed by atoms with Gasteiger partial charge in [-0.3, -0.25) is 0 Å². The fourth-order valence-electron chi connectivity index (χ4n) is 5.33. The largest absolute Gasteiger partial charge is 0.497 e. The molecular weight excluding hydrogens is 542 g/mol. The van der Waals surface area contributed by atoms with Crippen LogP contribution in [0.25, 0.3) is 22.3 Å². The zero-order valence-electron chi connectivity index (χ0n) is 24.3. The number of methoxy groups -OCH3 is 2. The molecule has 12 heteroatoms. The van der Waals surface area contributed by atoms with Crippen LogP contribution in [0.3, 0.4) is 0 Å². The lowest BCUT2D eigenvalue weighted by atomic mass is 10.1. The number of furan rings is 1. The number of hydrogen-bond donors (Lipinski definition) is 5. The Labute approximate surface area is 243 Å². The maximum Gasteiger partial charge on any atom is 0.258 e. The molecule has 1 fully saturated rings. The number of ether oxygens (including phenoxy) is 3. The fourth-order valence-corrected chi connectivity index (χ4v) is 5.33. The van der Waals surface area contributed by atoms with E-state index < -0.39 is 24.2 Å². The van der Waals surface area contributed by atoms with Gasteiger partial charge in [-0.25, -0.2) is 9.97 Å². The quantitative estimate of drug-likeness (QED) is 0.176. The maximum atomic E-state index is 10.8. The van der Waals surface area contributed by atoms with Gasteiger partial charge in [0.15, 0.2) is 5.58 Å². The summed E-state index contributed by atoms with van der Waals surface area (Å²) in [5.74, 6) is 2.51.